The average molecular weight is 346 g/mol. The molecule has 0 atom stereocenters. The molecular formula is C12H7ClFN2O5S-. The van der Waals surface area contributed by atoms with Crippen molar-refractivity contribution in [2.75, 3.05) is 4.72 Å². The minimum Gasteiger partial charge on any atom is -0.871 e. The van der Waals surface area contributed by atoms with Gasteiger partial charge >= 0.3 is 0 Å². The molecule has 10 heteroatoms. The van der Waals surface area contributed by atoms with E-state index >= 15 is 0 Å². The van der Waals surface area contributed by atoms with E-state index in [0.29, 0.717) is 0 Å². The van der Waals surface area contributed by atoms with Gasteiger partial charge in [0.15, 0.2) is 0 Å². The summed E-state index contributed by atoms with van der Waals surface area (Å²) in [7, 11) is -4.24. The number of benzene rings is 2. The molecule has 116 valence electrons. The smallest absolute Gasteiger partial charge is 0.271 e. The lowest BCUT2D eigenvalue weighted by Crippen LogP contribution is -2.14. The standard InChI is InChI=1S/C12H8ClFN2O5S/c13-9-6-8(2-3-10(9)14)22(20,21)15-11-5-7(16(18)19)1-4-12(11)17/h1-6,15,17H/p-1. The first-order chi connectivity index (χ1) is 10.2. The van der Waals surface area contributed by atoms with E-state index in [1.165, 1.54) is 0 Å². The van der Waals surface area contributed by atoms with Gasteiger partial charge in [0, 0.05) is 17.8 Å². The summed E-state index contributed by atoms with van der Waals surface area (Å²) in [6.45, 7) is 0. The first-order valence-corrected chi connectivity index (χ1v) is 7.50. The number of halogens is 2. The normalized spacial score (nSPS) is 11.2. The second-order valence-corrected chi connectivity index (χ2v) is 6.21. The number of nitro benzene ring substituents is 1. The summed E-state index contributed by atoms with van der Waals surface area (Å²) in [5.74, 6) is -1.55. The van der Waals surface area contributed by atoms with Crippen molar-refractivity contribution in [2.24, 2.45) is 0 Å². The molecule has 0 fully saturated rings. The summed E-state index contributed by atoms with van der Waals surface area (Å²) in [6, 6.07) is 5.28. The van der Waals surface area contributed by atoms with E-state index in [9.17, 15) is 28.0 Å². The summed E-state index contributed by atoms with van der Waals surface area (Å²) in [4.78, 5) is 9.49. The lowest BCUT2D eigenvalue weighted by atomic mass is 10.2. The van der Waals surface area contributed by atoms with Gasteiger partial charge < -0.3 is 5.11 Å². The Hall–Kier alpha value is -2.39. The second kappa shape index (κ2) is 5.78. The number of nitrogens with zero attached hydrogens (tertiary/aromatic N) is 1. The highest BCUT2D eigenvalue weighted by Crippen LogP contribution is 2.28. The lowest BCUT2D eigenvalue weighted by Gasteiger charge is -2.15. The molecule has 7 nitrogen and oxygen atoms in total. The molecule has 0 radical (unpaired) electrons. The van der Waals surface area contributed by atoms with Crippen molar-refractivity contribution in [3.8, 4) is 5.75 Å². The first kappa shape index (κ1) is 16.0. The SMILES string of the molecule is O=[N+]([O-])c1ccc([O-])c(NS(=O)(=O)c2ccc(F)c(Cl)c2)c1. The molecule has 0 amide bonds. The molecule has 0 aliphatic rings. The third-order valence-corrected chi connectivity index (χ3v) is 4.27. The molecule has 0 spiro atoms. The molecule has 0 heterocycles. The number of anilines is 1. The van der Waals surface area contributed by atoms with Crippen LogP contribution in [0.5, 0.6) is 5.75 Å². The van der Waals surface area contributed by atoms with Gasteiger partial charge in [-0.05, 0) is 18.2 Å². The molecule has 0 bridgehead atoms. The predicted octanol–water partition coefficient (Wildman–Crippen LogP) is 2.26. The molecule has 2 aromatic rings. The van der Waals surface area contributed by atoms with Gasteiger partial charge in [0.25, 0.3) is 15.7 Å². The maximum absolute atomic E-state index is 13.0. The van der Waals surface area contributed by atoms with Crippen LogP contribution in [0.4, 0.5) is 15.8 Å². The van der Waals surface area contributed by atoms with Crippen molar-refractivity contribution in [3.05, 3.63) is 57.4 Å². The fraction of sp³-hybridized carbons (Fsp3) is 0. The molecule has 0 aliphatic heterocycles. The molecule has 0 saturated carbocycles. The van der Waals surface area contributed by atoms with Crippen molar-refractivity contribution in [3.63, 3.8) is 0 Å². The Morgan fingerprint density at radius 3 is 2.45 bits per heavy atom. The number of nitrogens with one attached hydrogen (secondary N) is 1. The zero-order valence-corrected chi connectivity index (χ0v) is 12.2. The Balaban J connectivity index is 2.42. The highest BCUT2D eigenvalue weighted by molar-refractivity contribution is 7.92. The molecular weight excluding hydrogens is 339 g/mol. The van der Waals surface area contributed by atoms with Crippen LogP contribution in [-0.4, -0.2) is 13.3 Å². The van der Waals surface area contributed by atoms with Crippen molar-refractivity contribution in [2.45, 2.75) is 4.90 Å². The Morgan fingerprint density at radius 2 is 1.86 bits per heavy atom. The number of hydrogen-bond acceptors (Lipinski definition) is 5. The molecule has 0 unspecified atom stereocenters. The van der Waals surface area contributed by atoms with Crippen LogP contribution in [0.3, 0.4) is 0 Å². The van der Waals surface area contributed by atoms with Crippen molar-refractivity contribution >= 4 is 33.0 Å². The summed E-state index contributed by atoms with van der Waals surface area (Å²) >= 11 is 5.50. The van der Waals surface area contributed by atoms with E-state index < -0.39 is 42.9 Å². The third kappa shape index (κ3) is 3.26. The van der Waals surface area contributed by atoms with Gasteiger partial charge in [-0.2, -0.15) is 0 Å². The monoisotopic (exact) mass is 345 g/mol. The maximum Gasteiger partial charge on any atom is 0.271 e. The number of sulfonamides is 1. The van der Waals surface area contributed by atoms with Gasteiger partial charge in [0.1, 0.15) is 5.82 Å². The fourth-order valence-electron chi connectivity index (χ4n) is 1.56. The maximum atomic E-state index is 13.0. The van der Waals surface area contributed by atoms with Gasteiger partial charge in [0.2, 0.25) is 0 Å². The molecule has 2 rings (SSSR count). The molecule has 2 aromatic carbocycles. The van der Waals surface area contributed by atoms with Gasteiger partial charge in [-0.1, -0.05) is 23.4 Å². The highest BCUT2D eigenvalue weighted by Gasteiger charge is 2.18. The van der Waals surface area contributed by atoms with Crippen molar-refractivity contribution in [1.82, 2.24) is 0 Å². The van der Waals surface area contributed by atoms with E-state index in [0.717, 1.165) is 36.4 Å². The summed E-state index contributed by atoms with van der Waals surface area (Å²) < 4.78 is 39.2. The topological polar surface area (TPSA) is 112 Å². The van der Waals surface area contributed by atoms with Crippen LogP contribution in [0, 0.1) is 15.9 Å². The zero-order chi connectivity index (χ0) is 16.5. The highest BCUT2D eigenvalue weighted by atomic mass is 35.5. The largest absolute Gasteiger partial charge is 0.871 e. The van der Waals surface area contributed by atoms with E-state index in [4.69, 9.17) is 11.6 Å². The van der Waals surface area contributed by atoms with Gasteiger partial charge in [-0.3, -0.25) is 14.8 Å². The predicted molar refractivity (Wildman–Crippen MR) is 74.8 cm³/mol. The van der Waals surface area contributed by atoms with Crippen molar-refractivity contribution in [1.29, 1.82) is 0 Å². The van der Waals surface area contributed by atoms with Crippen LogP contribution in [0.2, 0.25) is 5.02 Å². The van der Waals surface area contributed by atoms with Crippen molar-refractivity contribution < 1.29 is 22.8 Å². The Kier molecular flexibility index (Phi) is 4.20. The second-order valence-electron chi connectivity index (χ2n) is 4.12. The molecule has 22 heavy (non-hydrogen) atoms. The van der Waals surface area contributed by atoms with Crippen LogP contribution in [-0.2, 0) is 10.0 Å². The minimum absolute atomic E-state index is 0.384. The molecule has 0 saturated heterocycles. The van der Waals surface area contributed by atoms with Crippen LogP contribution >= 0.6 is 11.6 Å². The van der Waals surface area contributed by atoms with Crippen LogP contribution in [0.25, 0.3) is 0 Å². The van der Waals surface area contributed by atoms with E-state index in [-0.39, 0.29) is 4.90 Å². The van der Waals surface area contributed by atoms with Gasteiger partial charge in [-0.25, -0.2) is 12.8 Å². The summed E-state index contributed by atoms with van der Waals surface area (Å²) in [5, 5.41) is 21.8. The summed E-state index contributed by atoms with van der Waals surface area (Å²) in [5.41, 5.74) is -0.941. The summed E-state index contributed by atoms with van der Waals surface area (Å²) in [6.07, 6.45) is 0. The zero-order valence-electron chi connectivity index (χ0n) is 10.6. The van der Waals surface area contributed by atoms with Crippen LogP contribution in [0.1, 0.15) is 0 Å². The quantitative estimate of drug-likeness (QED) is 0.674. The first-order valence-electron chi connectivity index (χ1n) is 5.64. The Bertz CT molecular complexity index is 857. The average Bonchev–Trinajstić information content (AvgIpc) is 2.43. The lowest BCUT2D eigenvalue weighted by molar-refractivity contribution is -0.385. The molecule has 0 aliphatic carbocycles. The number of rotatable bonds is 4. The van der Waals surface area contributed by atoms with Gasteiger partial charge in [-0.15, -0.1) is 0 Å². The van der Waals surface area contributed by atoms with Crippen LogP contribution < -0.4 is 9.83 Å². The fourth-order valence-corrected chi connectivity index (χ4v) is 2.89. The molecule has 1 N–H and O–H groups in total. The van der Waals surface area contributed by atoms with Gasteiger partial charge in [0.05, 0.1) is 14.8 Å². The number of nitro groups is 1. The third-order valence-electron chi connectivity index (χ3n) is 2.62. The van der Waals surface area contributed by atoms with Crippen LogP contribution in [0.15, 0.2) is 41.3 Å². The minimum atomic E-state index is -4.24. The Labute approximate surface area is 129 Å². The number of non-ortho nitro benzene ring substituents is 1. The van der Waals surface area contributed by atoms with E-state index in [1.807, 2.05) is 4.72 Å². The number of hydrogen-bond donors (Lipinski definition) is 1. The molecule has 0 aromatic heterocycles. The van der Waals surface area contributed by atoms with E-state index in [2.05, 4.69) is 0 Å². The Morgan fingerprint density at radius 1 is 1.18 bits per heavy atom. The van der Waals surface area contributed by atoms with E-state index in [1.54, 1.807) is 0 Å².